The van der Waals surface area contributed by atoms with Crippen molar-refractivity contribution in [2.24, 2.45) is 23.4 Å². The summed E-state index contributed by atoms with van der Waals surface area (Å²) in [6.07, 6.45) is 3.73. The minimum atomic E-state index is 0. The molecule has 1 aliphatic carbocycles. The Bertz CT molecular complexity index is 684. The highest BCUT2D eigenvalue weighted by Gasteiger charge is 2.58. The molecule has 7 heteroatoms. The van der Waals surface area contributed by atoms with Crippen LogP contribution >= 0.6 is 24.0 Å². The third kappa shape index (κ3) is 4.28. The zero-order valence-corrected chi connectivity index (χ0v) is 20.1. The van der Waals surface area contributed by atoms with Crippen LogP contribution < -0.4 is 10.6 Å². The predicted octanol–water partition coefficient (Wildman–Crippen LogP) is 2.95. The molecule has 3 rings (SSSR count). The zero-order valence-electron chi connectivity index (χ0n) is 17.8. The molecular formula is C20H36IN5O. The molecule has 0 bridgehead atoms. The number of hydrogen-bond acceptors (Lipinski definition) is 3. The van der Waals surface area contributed by atoms with Gasteiger partial charge in [0, 0.05) is 49.8 Å². The highest BCUT2D eigenvalue weighted by molar-refractivity contribution is 14.0. The molecule has 154 valence electrons. The molecule has 27 heavy (non-hydrogen) atoms. The predicted molar refractivity (Wildman–Crippen MR) is 121 cm³/mol. The quantitative estimate of drug-likeness (QED) is 0.388. The molecule has 1 aromatic rings. The summed E-state index contributed by atoms with van der Waals surface area (Å²) < 4.78 is 7.98. The Morgan fingerprint density at radius 2 is 2.11 bits per heavy atom. The number of hydrogen-bond donors (Lipinski definition) is 2. The molecule has 0 radical (unpaired) electrons. The van der Waals surface area contributed by atoms with Crippen LogP contribution in [0.4, 0.5) is 0 Å². The molecule has 2 fully saturated rings. The summed E-state index contributed by atoms with van der Waals surface area (Å²) in [6.45, 7) is 11.9. The largest absolute Gasteiger partial charge is 0.377 e. The number of nitrogens with one attached hydrogen (secondary N) is 2. The molecule has 1 aromatic heterocycles. The maximum Gasteiger partial charge on any atom is 0.191 e. The van der Waals surface area contributed by atoms with Crippen molar-refractivity contribution in [2.45, 2.75) is 72.1 Å². The number of aryl methyl sites for hydroxylation is 2. The average molecular weight is 489 g/mol. The minimum absolute atomic E-state index is 0. The van der Waals surface area contributed by atoms with E-state index < -0.39 is 0 Å². The van der Waals surface area contributed by atoms with Crippen LogP contribution in [0, 0.1) is 25.2 Å². The maximum atomic E-state index is 6.02. The maximum absolute atomic E-state index is 6.02. The number of fused-ring (bicyclic) bond motifs is 1. The molecule has 0 aromatic carbocycles. The third-order valence-corrected chi connectivity index (χ3v) is 6.40. The molecule has 2 aliphatic rings. The Kier molecular flexibility index (Phi) is 7.22. The van der Waals surface area contributed by atoms with Crippen molar-refractivity contribution < 1.29 is 4.74 Å². The van der Waals surface area contributed by atoms with Crippen molar-refractivity contribution in [3.63, 3.8) is 0 Å². The Hall–Kier alpha value is -0.830. The normalized spacial score (nSPS) is 27.8. The Labute approximate surface area is 180 Å². The van der Waals surface area contributed by atoms with Gasteiger partial charge in [-0.25, -0.2) is 0 Å². The van der Waals surface area contributed by atoms with E-state index in [0.29, 0.717) is 18.1 Å². The molecule has 0 amide bonds. The smallest absolute Gasteiger partial charge is 0.191 e. The van der Waals surface area contributed by atoms with Crippen molar-refractivity contribution in [3.8, 4) is 0 Å². The first-order valence-electron chi connectivity index (χ1n) is 9.86. The van der Waals surface area contributed by atoms with Gasteiger partial charge in [0.25, 0.3) is 0 Å². The van der Waals surface area contributed by atoms with Crippen LogP contribution in [0.15, 0.2) is 4.99 Å². The fourth-order valence-corrected chi connectivity index (χ4v) is 4.84. The summed E-state index contributed by atoms with van der Waals surface area (Å²) in [4.78, 5) is 4.48. The lowest BCUT2D eigenvalue weighted by atomic mass is 9.55. The first-order chi connectivity index (χ1) is 12.3. The second-order valence-electron chi connectivity index (χ2n) is 8.64. The lowest BCUT2D eigenvalue weighted by molar-refractivity contribution is -0.188. The number of aromatic nitrogens is 2. The SMILES string of the molecule is CN=C(NC(C)Cc1c(C)nn(C)c1C)NC1C2CCCOC2C1(C)C.I. The third-order valence-electron chi connectivity index (χ3n) is 6.40. The van der Waals surface area contributed by atoms with E-state index in [-0.39, 0.29) is 35.4 Å². The Morgan fingerprint density at radius 3 is 2.70 bits per heavy atom. The second-order valence-corrected chi connectivity index (χ2v) is 8.64. The topological polar surface area (TPSA) is 63.5 Å². The number of guanidine groups is 1. The van der Waals surface area contributed by atoms with Crippen LogP contribution in [-0.4, -0.2) is 47.6 Å². The Balaban J connectivity index is 0.00000261. The molecule has 1 aliphatic heterocycles. The monoisotopic (exact) mass is 489 g/mol. The number of ether oxygens (including phenoxy) is 1. The Morgan fingerprint density at radius 1 is 1.41 bits per heavy atom. The molecule has 2 N–H and O–H groups in total. The van der Waals surface area contributed by atoms with Crippen molar-refractivity contribution in [2.75, 3.05) is 13.7 Å². The highest BCUT2D eigenvalue weighted by atomic mass is 127. The molecule has 1 saturated carbocycles. The van der Waals surface area contributed by atoms with E-state index in [1.165, 1.54) is 17.7 Å². The first kappa shape index (κ1) is 22.5. The van der Waals surface area contributed by atoms with Crippen LogP contribution in [0.2, 0.25) is 0 Å². The van der Waals surface area contributed by atoms with Gasteiger partial charge >= 0.3 is 0 Å². The fraction of sp³-hybridized carbons (Fsp3) is 0.800. The summed E-state index contributed by atoms with van der Waals surface area (Å²) >= 11 is 0. The molecule has 4 unspecified atom stereocenters. The van der Waals surface area contributed by atoms with E-state index >= 15 is 0 Å². The van der Waals surface area contributed by atoms with E-state index in [4.69, 9.17) is 4.74 Å². The number of nitrogens with zero attached hydrogens (tertiary/aromatic N) is 3. The summed E-state index contributed by atoms with van der Waals surface area (Å²) in [5.41, 5.74) is 3.82. The summed E-state index contributed by atoms with van der Waals surface area (Å²) in [7, 11) is 3.86. The second kappa shape index (κ2) is 8.68. The summed E-state index contributed by atoms with van der Waals surface area (Å²) in [5.74, 6) is 1.48. The van der Waals surface area contributed by atoms with Gasteiger partial charge in [-0.05, 0) is 45.6 Å². The number of rotatable bonds is 4. The van der Waals surface area contributed by atoms with Gasteiger partial charge in [-0.1, -0.05) is 13.8 Å². The minimum Gasteiger partial charge on any atom is -0.377 e. The number of aliphatic imine (C=N–C) groups is 1. The standard InChI is InChI=1S/C20H35N5O.HI/c1-12(11-16-13(2)24-25(7)14(16)3)22-19(21-6)23-17-15-9-8-10-26-18(15)20(17,4)5;/h12,15,17-18H,8-11H2,1-7H3,(H2,21,22,23);1H. The van der Waals surface area contributed by atoms with Gasteiger partial charge in [-0.2, -0.15) is 5.10 Å². The van der Waals surface area contributed by atoms with Gasteiger partial charge < -0.3 is 15.4 Å². The number of halogens is 1. The van der Waals surface area contributed by atoms with Crippen LogP contribution in [-0.2, 0) is 18.2 Å². The van der Waals surface area contributed by atoms with Crippen LogP contribution in [0.25, 0.3) is 0 Å². The van der Waals surface area contributed by atoms with Crippen LogP contribution in [0.3, 0.4) is 0 Å². The first-order valence-corrected chi connectivity index (χ1v) is 9.86. The van der Waals surface area contributed by atoms with E-state index in [9.17, 15) is 0 Å². The van der Waals surface area contributed by atoms with Gasteiger partial charge in [0.15, 0.2) is 5.96 Å². The van der Waals surface area contributed by atoms with Crippen molar-refractivity contribution in [3.05, 3.63) is 17.0 Å². The molecule has 0 spiro atoms. The molecule has 2 heterocycles. The molecular weight excluding hydrogens is 453 g/mol. The van der Waals surface area contributed by atoms with Crippen molar-refractivity contribution in [1.82, 2.24) is 20.4 Å². The van der Waals surface area contributed by atoms with E-state index in [1.807, 2.05) is 18.8 Å². The molecule has 4 atom stereocenters. The van der Waals surface area contributed by atoms with Gasteiger partial charge in [-0.3, -0.25) is 9.67 Å². The van der Waals surface area contributed by atoms with Crippen molar-refractivity contribution in [1.29, 1.82) is 0 Å². The van der Waals surface area contributed by atoms with E-state index in [2.05, 4.69) is 55.3 Å². The van der Waals surface area contributed by atoms with E-state index in [0.717, 1.165) is 31.1 Å². The fourth-order valence-electron chi connectivity index (χ4n) is 4.84. The van der Waals surface area contributed by atoms with Gasteiger partial charge in [0.2, 0.25) is 0 Å². The lowest BCUT2D eigenvalue weighted by Gasteiger charge is -2.60. The summed E-state index contributed by atoms with van der Waals surface area (Å²) in [6, 6.07) is 0.692. The van der Waals surface area contributed by atoms with E-state index in [1.54, 1.807) is 0 Å². The van der Waals surface area contributed by atoms with Crippen molar-refractivity contribution >= 4 is 29.9 Å². The van der Waals surface area contributed by atoms with Gasteiger partial charge in [0.05, 0.1) is 11.8 Å². The lowest BCUT2D eigenvalue weighted by Crippen LogP contribution is -2.71. The van der Waals surface area contributed by atoms with Gasteiger partial charge in [-0.15, -0.1) is 24.0 Å². The molecule has 6 nitrogen and oxygen atoms in total. The molecule has 1 saturated heterocycles. The van der Waals surface area contributed by atoms with Crippen LogP contribution in [0.5, 0.6) is 0 Å². The zero-order chi connectivity index (χ0) is 19.1. The average Bonchev–Trinajstić information content (AvgIpc) is 2.84. The highest BCUT2D eigenvalue weighted by Crippen LogP contribution is 2.51. The summed E-state index contributed by atoms with van der Waals surface area (Å²) in [5, 5.41) is 11.8. The van der Waals surface area contributed by atoms with Crippen LogP contribution in [0.1, 0.15) is 50.6 Å². The van der Waals surface area contributed by atoms with Gasteiger partial charge in [0.1, 0.15) is 0 Å².